The van der Waals surface area contributed by atoms with Gasteiger partial charge < -0.3 is 5.11 Å². The minimum absolute atomic E-state index is 0.144. The van der Waals surface area contributed by atoms with E-state index in [0.29, 0.717) is 10.9 Å². The van der Waals surface area contributed by atoms with Crippen molar-refractivity contribution in [2.75, 3.05) is 0 Å². The van der Waals surface area contributed by atoms with Crippen molar-refractivity contribution in [1.82, 2.24) is 0 Å². The molecule has 0 aromatic heterocycles. The Morgan fingerprint density at radius 1 is 1.29 bits per heavy atom. The Hall–Kier alpha value is -1.21. The fourth-order valence-electron chi connectivity index (χ4n) is 1.58. The second kappa shape index (κ2) is 3.89. The van der Waals surface area contributed by atoms with Gasteiger partial charge in [-0.05, 0) is 24.1 Å². The minimum atomic E-state index is 0.144. The summed E-state index contributed by atoms with van der Waals surface area (Å²) < 4.78 is 0. The van der Waals surface area contributed by atoms with Crippen LogP contribution >= 0.6 is 11.6 Å². The monoisotopic (exact) mass is 206 g/mol. The Morgan fingerprint density at radius 3 is 2.79 bits per heavy atom. The molecule has 1 aliphatic rings. The summed E-state index contributed by atoms with van der Waals surface area (Å²) in [6, 6.07) is 5.38. The van der Waals surface area contributed by atoms with Crippen molar-refractivity contribution in [3.05, 3.63) is 53.1 Å². The Kier molecular flexibility index (Phi) is 2.60. The van der Waals surface area contributed by atoms with Crippen LogP contribution < -0.4 is 0 Å². The van der Waals surface area contributed by atoms with Crippen molar-refractivity contribution in [2.45, 2.75) is 12.3 Å². The molecule has 1 N–H and O–H groups in total. The van der Waals surface area contributed by atoms with Gasteiger partial charge in [-0.3, -0.25) is 0 Å². The molecule has 0 saturated heterocycles. The molecule has 0 amide bonds. The SMILES string of the molecule is Oc1ccc(C2C=CC=CC2)cc1Cl. The first kappa shape index (κ1) is 9.35. The van der Waals surface area contributed by atoms with Crippen molar-refractivity contribution in [3.8, 4) is 5.75 Å². The number of allylic oxidation sites excluding steroid dienone is 4. The number of phenolic OH excluding ortho intramolecular Hbond substituents is 1. The van der Waals surface area contributed by atoms with E-state index in [1.54, 1.807) is 6.07 Å². The molecular weight excluding hydrogens is 196 g/mol. The van der Waals surface area contributed by atoms with E-state index in [1.807, 2.05) is 24.3 Å². The van der Waals surface area contributed by atoms with Gasteiger partial charge in [-0.15, -0.1) is 0 Å². The van der Waals surface area contributed by atoms with E-state index in [-0.39, 0.29) is 5.75 Å². The van der Waals surface area contributed by atoms with Gasteiger partial charge in [-0.25, -0.2) is 0 Å². The molecule has 0 spiro atoms. The predicted molar refractivity (Wildman–Crippen MR) is 58.8 cm³/mol. The van der Waals surface area contributed by atoms with Gasteiger partial charge in [0.1, 0.15) is 5.75 Å². The Labute approximate surface area is 88.3 Å². The highest BCUT2D eigenvalue weighted by molar-refractivity contribution is 6.32. The average molecular weight is 207 g/mol. The van der Waals surface area contributed by atoms with E-state index in [4.69, 9.17) is 11.6 Å². The fourth-order valence-corrected chi connectivity index (χ4v) is 1.77. The maximum Gasteiger partial charge on any atom is 0.134 e. The third kappa shape index (κ3) is 1.83. The zero-order valence-corrected chi connectivity index (χ0v) is 8.41. The molecule has 72 valence electrons. The van der Waals surface area contributed by atoms with E-state index >= 15 is 0 Å². The summed E-state index contributed by atoms with van der Waals surface area (Å²) in [5, 5.41) is 9.70. The highest BCUT2D eigenvalue weighted by atomic mass is 35.5. The van der Waals surface area contributed by atoms with Crippen LogP contribution in [0.4, 0.5) is 0 Å². The van der Waals surface area contributed by atoms with Crippen molar-refractivity contribution in [2.24, 2.45) is 0 Å². The number of rotatable bonds is 1. The largest absolute Gasteiger partial charge is 0.506 e. The first-order chi connectivity index (χ1) is 6.77. The number of benzene rings is 1. The van der Waals surface area contributed by atoms with Crippen LogP contribution in [0.15, 0.2) is 42.5 Å². The second-order valence-corrected chi connectivity index (χ2v) is 3.77. The number of hydrogen-bond acceptors (Lipinski definition) is 1. The van der Waals surface area contributed by atoms with Gasteiger partial charge in [0.05, 0.1) is 5.02 Å². The lowest BCUT2D eigenvalue weighted by molar-refractivity contribution is 0.475. The van der Waals surface area contributed by atoms with Crippen molar-refractivity contribution in [1.29, 1.82) is 0 Å². The lowest BCUT2D eigenvalue weighted by atomic mass is 9.93. The lowest BCUT2D eigenvalue weighted by Gasteiger charge is -2.13. The zero-order valence-electron chi connectivity index (χ0n) is 7.65. The summed E-state index contributed by atoms with van der Waals surface area (Å²) in [4.78, 5) is 0. The predicted octanol–water partition coefficient (Wildman–Crippen LogP) is 3.65. The molecule has 1 aromatic carbocycles. The molecule has 0 radical (unpaired) electrons. The quantitative estimate of drug-likeness (QED) is 0.744. The summed E-state index contributed by atoms with van der Waals surface area (Å²) in [7, 11) is 0. The average Bonchev–Trinajstić information content (AvgIpc) is 2.23. The summed E-state index contributed by atoms with van der Waals surface area (Å²) in [5.74, 6) is 0.531. The molecule has 0 heterocycles. The van der Waals surface area contributed by atoms with E-state index < -0.39 is 0 Å². The molecule has 1 aromatic rings. The van der Waals surface area contributed by atoms with Gasteiger partial charge in [0.15, 0.2) is 0 Å². The third-order valence-electron chi connectivity index (χ3n) is 2.38. The van der Waals surface area contributed by atoms with Crippen LogP contribution in [-0.2, 0) is 0 Å². The van der Waals surface area contributed by atoms with Crippen LogP contribution in [-0.4, -0.2) is 5.11 Å². The van der Waals surface area contributed by atoms with E-state index in [9.17, 15) is 5.11 Å². The molecule has 0 bridgehead atoms. The maximum atomic E-state index is 9.28. The van der Waals surface area contributed by atoms with Gasteiger partial charge in [-0.2, -0.15) is 0 Å². The first-order valence-corrected chi connectivity index (χ1v) is 4.97. The molecule has 1 nitrogen and oxygen atoms in total. The normalized spacial score (nSPS) is 19.9. The summed E-state index contributed by atoms with van der Waals surface area (Å²) >= 11 is 5.84. The molecule has 14 heavy (non-hydrogen) atoms. The lowest BCUT2D eigenvalue weighted by Crippen LogP contribution is -1.95. The second-order valence-electron chi connectivity index (χ2n) is 3.37. The summed E-state index contributed by atoms with van der Waals surface area (Å²) in [6.45, 7) is 0. The number of halogens is 1. The third-order valence-corrected chi connectivity index (χ3v) is 2.68. The van der Waals surface area contributed by atoms with Gasteiger partial charge in [0.2, 0.25) is 0 Å². The standard InChI is InChI=1S/C12H11ClO/c13-11-8-10(6-7-12(11)14)9-4-2-1-3-5-9/h1-4,6-9,14H,5H2. The highest BCUT2D eigenvalue weighted by Crippen LogP contribution is 2.30. The van der Waals surface area contributed by atoms with Crippen molar-refractivity contribution in [3.63, 3.8) is 0 Å². The number of hydrogen-bond donors (Lipinski definition) is 1. The molecule has 2 rings (SSSR count). The van der Waals surface area contributed by atoms with E-state index in [0.717, 1.165) is 12.0 Å². The molecule has 0 fully saturated rings. The van der Waals surface area contributed by atoms with Crippen LogP contribution in [0.3, 0.4) is 0 Å². The summed E-state index contributed by atoms with van der Waals surface area (Å²) in [6.07, 6.45) is 9.35. The zero-order chi connectivity index (χ0) is 9.97. The van der Waals surface area contributed by atoms with E-state index in [1.165, 1.54) is 0 Å². The Bertz CT molecular complexity index is 393. The first-order valence-electron chi connectivity index (χ1n) is 4.59. The molecule has 1 atom stereocenters. The Balaban J connectivity index is 2.28. The fraction of sp³-hybridized carbons (Fsp3) is 0.167. The molecular formula is C12H11ClO. The molecule has 2 heteroatoms. The van der Waals surface area contributed by atoms with Crippen LogP contribution in [0.2, 0.25) is 5.02 Å². The topological polar surface area (TPSA) is 20.2 Å². The van der Waals surface area contributed by atoms with Crippen LogP contribution in [0.1, 0.15) is 17.9 Å². The molecule has 0 saturated carbocycles. The minimum Gasteiger partial charge on any atom is -0.506 e. The van der Waals surface area contributed by atoms with Crippen LogP contribution in [0.5, 0.6) is 5.75 Å². The van der Waals surface area contributed by atoms with Gasteiger partial charge >= 0.3 is 0 Å². The van der Waals surface area contributed by atoms with Crippen LogP contribution in [0, 0.1) is 0 Å². The van der Waals surface area contributed by atoms with Gasteiger partial charge in [0, 0.05) is 5.92 Å². The molecule has 1 unspecified atom stereocenters. The maximum absolute atomic E-state index is 9.28. The highest BCUT2D eigenvalue weighted by Gasteiger charge is 2.09. The summed E-state index contributed by atoms with van der Waals surface area (Å²) in [5.41, 5.74) is 1.15. The van der Waals surface area contributed by atoms with Crippen LogP contribution in [0.25, 0.3) is 0 Å². The number of aromatic hydroxyl groups is 1. The van der Waals surface area contributed by atoms with E-state index in [2.05, 4.69) is 12.2 Å². The molecule has 0 aliphatic heterocycles. The van der Waals surface area contributed by atoms with Gasteiger partial charge in [-0.1, -0.05) is 42.0 Å². The Morgan fingerprint density at radius 2 is 2.14 bits per heavy atom. The van der Waals surface area contributed by atoms with Crippen molar-refractivity contribution >= 4 is 11.6 Å². The number of phenols is 1. The van der Waals surface area contributed by atoms with Crippen molar-refractivity contribution < 1.29 is 5.11 Å². The van der Waals surface area contributed by atoms with Gasteiger partial charge in [0.25, 0.3) is 0 Å². The molecule has 1 aliphatic carbocycles. The smallest absolute Gasteiger partial charge is 0.134 e.